The molecule has 0 aliphatic heterocycles. The fourth-order valence-electron chi connectivity index (χ4n) is 2.20. The van der Waals surface area contributed by atoms with Gasteiger partial charge >= 0.3 is 5.97 Å². The summed E-state index contributed by atoms with van der Waals surface area (Å²) in [5.41, 5.74) is 1.26. The minimum Gasteiger partial charge on any atom is -0.451 e. The number of carbonyl (C=O) groups excluding carboxylic acids is 2. The SMILES string of the molecule is Cc1cc(NC(=O)COC(=O)c2cnc(C)s2)n(-c2ccc(F)cc2)n1. The number of esters is 1. The average Bonchev–Trinajstić information content (AvgIpc) is 3.19. The van der Waals surface area contributed by atoms with E-state index >= 15 is 0 Å². The van der Waals surface area contributed by atoms with Crippen LogP contribution in [-0.4, -0.2) is 33.2 Å². The fraction of sp³-hybridized carbons (Fsp3) is 0.176. The van der Waals surface area contributed by atoms with Gasteiger partial charge in [-0.3, -0.25) is 4.79 Å². The molecule has 2 heterocycles. The molecule has 26 heavy (non-hydrogen) atoms. The number of ether oxygens (including phenoxy) is 1. The van der Waals surface area contributed by atoms with Crippen LogP contribution in [0, 0.1) is 19.7 Å². The van der Waals surface area contributed by atoms with Crippen molar-refractivity contribution in [3.8, 4) is 5.69 Å². The van der Waals surface area contributed by atoms with E-state index in [-0.39, 0.29) is 5.82 Å². The first-order valence-corrected chi connectivity index (χ1v) is 8.46. The zero-order valence-corrected chi connectivity index (χ0v) is 14.8. The van der Waals surface area contributed by atoms with E-state index in [1.807, 2.05) is 0 Å². The standard InChI is InChI=1S/C17H15FN4O3S/c1-10-7-15(22(21-10)13-5-3-12(18)4-6-13)20-16(23)9-25-17(24)14-8-19-11(2)26-14/h3-8H,9H2,1-2H3,(H,20,23). The van der Waals surface area contributed by atoms with Gasteiger partial charge in [-0.1, -0.05) is 0 Å². The molecule has 0 radical (unpaired) electrons. The van der Waals surface area contributed by atoms with Gasteiger partial charge in [0.25, 0.3) is 5.91 Å². The lowest BCUT2D eigenvalue weighted by molar-refractivity contribution is -0.119. The van der Waals surface area contributed by atoms with Crippen LogP contribution in [0.2, 0.25) is 0 Å². The second kappa shape index (κ2) is 7.44. The van der Waals surface area contributed by atoms with Gasteiger partial charge in [0.05, 0.1) is 22.6 Å². The number of carbonyl (C=O) groups is 2. The number of aryl methyl sites for hydroxylation is 2. The number of thiazole rings is 1. The third-order valence-corrected chi connectivity index (χ3v) is 4.22. The molecule has 2 aromatic heterocycles. The van der Waals surface area contributed by atoms with Gasteiger partial charge < -0.3 is 10.1 Å². The summed E-state index contributed by atoms with van der Waals surface area (Å²) in [6, 6.07) is 7.36. The highest BCUT2D eigenvalue weighted by atomic mass is 32.1. The molecule has 0 saturated carbocycles. The molecule has 0 bridgehead atoms. The molecule has 7 nitrogen and oxygen atoms in total. The molecule has 0 spiro atoms. The largest absolute Gasteiger partial charge is 0.451 e. The average molecular weight is 374 g/mol. The molecule has 1 aromatic carbocycles. The quantitative estimate of drug-likeness (QED) is 0.694. The van der Waals surface area contributed by atoms with Crippen molar-refractivity contribution in [2.45, 2.75) is 13.8 Å². The van der Waals surface area contributed by atoms with Crippen molar-refractivity contribution in [2.75, 3.05) is 11.9 Å². The number of aromatic nitrogens is 3. The summed E-state index contributed by atoms with van der Waals surface area (Å²) >= 11 is 1.19. The lowest BCUT2D eigenvalue weighted by Crippen LogP contribution is -2.22. The molecule has 9 heteroatoms. The molecule has 0 aliphatic rings. The van der Waals surface area contributed by atoms with Crippen LogP contribution in [0.25, 0.3) is 5.69 Å². The van der Waals surface area contributed by atoms with Gasteiger partial charge in [0, 0.05) is 6.07 Å². The topological polar surface area (TPSA) is 86.1 Å². The van der Waals surface area contributed by atoms with E-state index < -0.39 is 18.5 Å². The van der Waals surface area contributed by atoms with E-state index in [1.165, 1.54) is 34.3 Å². The van der Waals surface area contributed by atoms with Crippen LogP contribution in [0.5, 0.6) is 0 Å². The Morgan fingerprint density at radius 3 is 2.65 bits per heavy atom. The predicted molar refractivity (Wildman–Crippen MR) is 94.0 cm³/mol. The highest BCUT2D eigenvalue weighted by Crippen LogP contribution is 2.18. The molecule has 0 fully saturated rings. The van der Waals surface area contributed by atoms with Crippen LogP contribution in [0.3, 0.4) is 0 Å². The summed E-state index contributed by atoms with van der Waals surface area (Å²) < 4.78 is 19.5. The number of nitrogens with zero attached hydrogens (tertiary/aromatic N) is 3. The van der Waals surface area contributed by atoms with Crippen molar-refractivity contribution >= 4 is 29.0 Å². The number of anilines is 1. The predicted octanol–water partition coefficient (Wildman–Crippen LogP) is 2.88. The minimum atomic E-state index is -0.603. The Hall–Kier alpha value is -3.07. The molecule has 0 unspecified atom stereocenters. The molecular weight excluding hydrogens is 359 g/mol. The van der Waals surface area contributed by atoms with E-state index in [4.69, 9.17) is 4.74 Å². The zero-order valence-electron chi connectivity index (χ0n) is 14.0. The highest BCUT2D eigenvalue weighted by Gasteiger charge is 2.15. The normalized spacial score (nSPS) is 10.6. The van der Waals surface area contributed by atoms with Crippen LogP contribution in [0.1, 0.15) is 20.4 Å². The molecule has 0 saturated heterocycles. The number of nitrogens with one attached hydrogen (secondary N) is 1. The molecule has 1 amide bonds. The first-order chi connectivity index (χ1) is 12.4. The summed E-state index contributed by atoms with van der Waals surface area (Å²) in [7, 11) is 0. The van der Waals surface area contributed by atoms with Crippen molar-refractivity contribution in [3.63, 3.8) is 0 Å². The fourth-order valence-corrected chi connectivity index (χ4v) is 2.88. The third-order valence-electron chi connectivity index (χ3n) is 3.33. The number of hydrogen-bond acceptors (Lipinski definition) is 6. The summed E-state index contributed by atoms with van der Waals surface area (Å²) in [4.78, 5) is 28.3. The third kappa shape index (κ3) is 4.12. The van der Waals surface area contributed by atoms with E-state index in [9.17, 15) is 14.0 Å². The Kier molecular flexibility index (Phi) is 5.08. The second-order valence-electron chi connectivity index (χ2n) is 5.43. The number of benzene rings is 1. The van der Waals surface area contributed by atoms with Gasteiger partial charge in [0.1, 0.15) is 16.5 Å². The summed E-state index contributed by atoms with van der Waals surface area (Å²) in [5, 5.41) is 7.65. The first kappa shape index (κ1) is 17.7. The highest BCUT2D eigenvalue weighted by molar-refractivity contribution is 7.13. The Labute approximate surface area is 152 Å². The Balaban J connectivity index is 1.66. The molecule has 0 aliphatic carbocycles. The van der Waals surface area contributed by atoms with Gasteiger partial charge in [0.15, 0.2) is 6.61 Å². The van der Waals surface area contributed by atoms with E-state index in [0.717, 1.165) is 5.01 Å². The van der Waals surface area contributed by atoms with Crippen LogP contribution in [0.15, 0.2) is 36.5 Å². The molecule has 3 aromatic rings. The van der Waals surface area contributed by atoms with Crippen molar-refractivity contribution in [1.29, 1.82) is 0 Å². The van der Waals surface area contributed by atoms with Gasteiger partial charge in [-0.25, -0.2) is 18.9 Å². The maximum atomic E-state index is 13.1. The summed E-state index contributed by atoms with van der Waals surface area (Å²) in [6.07, 6.45) is 1.41. The van der Waals surface area contributed by atoms with Gasteiger partial charge in [0.2, 0.25) is 0 Å². The van der Waals surface area contributed by atoms with Crippen molar-refractivity contribution in [2.24, 2.45) is 0 Å². The summed E-state index contributed by atoms with van der Waals surface area (Å²) in [5.74, 6) is -1.09. The van der Waals surface area contributed by atoms with Crippen LogP contribution < -0.4 is 5.32 Å². The summed E-state index contributed by atoms with van der Waals surface area (Å²) in [6.45, 7) is 3.10. The van der Waals surface area contributed by atoms with Crippen molar-refractivity contribution in [1.82, 2.24) is 14.8 Å². The smallest absolute Gasteiger partial charge is 0.350 e. The van der Waals surface area contributed by atoms with E-state index in [1.54, 1.807) is 32.0 Å². The second-order valence-corrected chi connectivity index (χ2v) is 6.66. The lowest BCUT2D eigenvalue weighted by Gasteiger charge is -2.09. The van der Waals surface area contributed by atoms with Gasteiger partial charge in [-0.2, -0.15) is 5.10 Å². The first-order valence-electron chi connectivity index (χ1n) is 7.64. The molecule has 0 atom stereocenters. The zero-order chi connectivity index (χ0) is 18.7. The molecule has 3 rings (SSSR count). The van der Waals surface area contributed by atoms with Gasteiger partial charge in [-0.05, 0) is 38.1 Å². The number of amides is 1. The Bertz CT molecular complexity index is 949. The van der Waals surface area contributed by atoms with Crippen LogP contribution in [0.4, 0.5) is 10.2 Å². The minimum absolute atomic E-state index is 0.336. The number of hydrogen-bond donors (Lipinski definition) is 1. The van der Waals surface area contributed by atoms with Crippen LogP contribution in [-0.2, 0) is 9.53 Å². The van der Waals surface area contributed by atoms with Crippen molar-refractivity contribution < 1.29 is 18.7 Å². The molecule has 134 valence electrons. The van der Waals surface area contributed by atoms with Crippen molar-refractivity contribution in [3.05, 3.63) is 57.9 Å². The Morgan fingerprint density at radius 2 is 2.00 bits per heavy atom. The molecular formula is C17H15FN4O3S. The van der Waals surface area contributed by atoms with E-state index in [2.05, 4.69) is 15.4 Å². The maximum absolute atomic E-state index is 13.1. The lowest BCUT2D eigenvalue weighted by atomic mass is 10.3. The van der Waals surface area contributed by atoms with E-state index in [0.29, 0.717) is 22.1 Å². The monoisotopic (exact) mass is 374 g/mol. The number of halogens is 1. The number of rotatable bonds is 5. The Morgan fingerprint density at radius 1 is 1.27 bits per heavy atom. The maximum Gasteiger partial charge on any atom is 0.350 e. The van der Waals surface area contributed by atoms with Gasteiger partial charge in [-0.15, -0.1) is 11.3 Å². The van der Waals surface area contributed by atoms with Crippen LogP contribution >= 0.6 is 11.3 Å². The molecule has 1 N–H and O–H groups in total.